The molecule has 0 unspecified atom stereocenters. The van der Waals surface area contributed by atoms with Crippen molar-refractivity contribution in [3.8, 4) is 0 Å². The van der Waals surface area contributed by atoms with E-state index in [9.17, 15) is 17.6 Å². The van der Waals surface area contributed by atoms with Gasteiger partial charge in [-0.15, -0.1) is 0 Å². The normalized spacial score (nSPS) is 22.3. The second-order valence-corrected chi connectivity index (χ2v) is 8.11. The number of nitrogens with zero attached hydrogens (tertiary/aromatic N) is 1. The molecule has 1 N–H and O–H groups in total. The number of sulfonamides is 1. The van der Waals surface area contributed by atoms with Crippen LogP contribution in [0.15, 0.2) is 18.2 Å². The van der Waals surface area contributed by atoms with Gasteiger partial charge in [0.05, 0.1) is 16.5 Å². The van der Waals surface area contributed by atoms with E-state index >= 15 is 0 Å². The average molecular weight is 329 g/mol. The molecule has 0 saturated heterocycles. The van der Waals surface area contributed by atoms with Crippen molar-refractivity contribution >= 4 is 21.7 Å². The molecule has 22 heavy (non-hydrogen) atoms. The third-order valence-electron chi connectivity index (χ3n) is 4.30. The fourth-order valence-electron chi connectivity index (χ4n) is 2.78. The molecule has 1 aliphatic rings. The van der Waals surface area contributed by atoms with Crippen molar-refractivity contribution in [1.29, 1.82) is 0 Å². The topological polar surface area (TPSA) is 74.7 Å². The summed E-state index contributed by atoms with van der Waals surface area (Å²) < 4.78 is 40.2. The number of anilines is 1. The second kappa shape index (κ2) is 6.24. The zero-order valence-corrected chi connectivity index (χ0v) is 13.4. The number of carboxylic acid groups (broad SMARTS) is 1. The monoisotopic (exact) mass is 329 g/mol. The van der Waals surface area contributed by atoms with E-state index in [4.69, 9.17) is 5.11 Å². The van der Waals surface area contributed by atoms with Crippen LogP contribution in [0.4, 0.5) is 10.1 Å². The Morgan fingerprint density at radius 1 is 1.27 bits per heavy atom. The molecule has 1 aliphatic carbocycles. The quantitative estimate of drug-likeness (QED) is 0.921. The summed E-state index contributed by atoms with van der Waals surface area (Å²) in [5.74, 6) is -1.59. The summed E-state index contributed by atoms with van der Waals surface area (Å²) in [6.45, 7) is 2.09. The molecule has 0 spiro atoms. The number of rotatable bonds is 4. The van der Waals surface area contributed by atoms with Crippen LogP contribution in [-0.4, -0.2) is 31.8 Å². The van der Waals surface area contributed by atoms with Crippen LogP contribution in [0.3, 0.4) is 0 Å². The van der Waals surface area contributed by atoms with E-state index < -0.39 is 27.1 Å². The standard InChI is InChI=1S/C15H20FNO4S/c1-10-3-6-12(7-4-10)22(20,21)17(2)14-8-5-11(15(18)19)9-13(14)16/h5,8-10,12H,3-4,6-7H2,1-2H3,(H,18,19). The number of benzene rings is 1. The summed E-state index contributed by atoms with van der Waals surface area (Å²) in [5, 5.41) is 8.32. The van der Waals surface area contributed by atoms with Crippen molar-refractivity contribution in [3.63, 3.8) is 0 Å². The van der Waals surface area contributed by atoms with Crippen LogP contribution in [0.2, 0.25) is 0 Å². The maximum Gasteiger partial charge on any atom is 0.335 e. The molecule has 0 aliphatic heterocycles. The van der Waals surface area contributed by atoms with Crippen molar-refractivity contribution in [3.05, 3.63) is 29.6 Å². The van der Waals surface area contributed by atoms with Gasteiger partial charge < -0.3 is 5.11 Å². The lowest BCUT2D eigenvalue weighted by molar-refractivity contribution is 0.0696. The Morgan fingerprint density at radius 3 is 2.36 bits per heavy atom. The zero-order chi connectivity index (χ0) is 16.5. The summed E-state index contributed by atoms with van der Waals surface area (Å²) in [6, 6.07) is 3.24. The minimum absolute atomic E-state index is 0.122. The Morgan fingerprint density at radius 2 is 1.86 bits per heavy atom. The van der Waals surface area contributed by atoms with Gasteiger partial charge in [0, 0.05) is 7.05 Å². The molecule has 7 heteroatoms. The van der Waals surface area contributed by atoms with Crippen LogP contribution in [0.5, 0.6) is 0 Å². The molecule has 2 rings (SSSR count). The number of hydrogen-bond acceptors (Lipinski definition) is 3. The van der Waals surface area contributed by atoms with Crippen LogP contribution >= 0.6 is 0 Å². The molecule has 0 atom stereocenters. The molecule has 0 aromatic heterocycles. The average Bonchev–Trinajstić information content (AvgIpc) is 2.46. The molecule has 5 nitrogen and oxygen atoms in total. The maximum absolute atomic E-state index is 14.1. The van der Waals surface area contributed by atoms with E-state index in [1.807, 2.05) is 0 Å². The van der Waals surface area contributed by atoms with Crippen molar-refractivity contribution < 1.29 is 22.7 Å². The van der Waals surface area contributed by atoms with Gasteiger partial charge >= 0.3 is 5.97 Å². The van der Waals surface area contributed by atoms with Gasteiger partial charge in [0.1, 0.15) is 5.82 Å². The molecule has 0 bridgehead atoms. The maximum atomic E-state index is 14.1. The first kappa shape index (κ1) is 16.7. The molecule has 1 aromatic rings. The Bertz CT molecular complexity index is 666. The van der Waals surface area contributed by atoms with E-state index in [-0.39, 0.29) is 11.3 Å². The van der Waals surface area contributed by atoms with Gasteiger partial charge in [0.2, 0.25) is 10.0 Å². The number of carboxylic acids is 1. The number of hydrogen-bond donors (Lipinski definition) is 1. The Labute approximate surface area is 129 Å². The largest absolute Gasteiger partial charge is 0.478 e. The van der Waals surface area contributed by atoms with Crippen LogP contribution in [0.25, 0.3) is 0 Å². The van der Waals surface area contributed by atoms with Crippen molar-refractivity contribution in [2.75, 3.05) is 11.4 Å². The van der Waals surface area contributed by atoms with E-state index in [1.54, 1.807) is 0 Å². The first-order valence-electron chi connectivity index (χ1n) is 7.24. The highest BCUT2D eigenvalue weighted by atomic mass is 32.2. The van der Waals surface area contributed by atoms with Gasteiger partial charge in [-0.05, 0) is 49.8 Å². The van der Waals surface area contributed by atoms with Crippen molar-refractivity contribution in [2.45, 2.75) is 37.9 Å². The first-order valence-corrected chi connectivity index (χ1v) is 8.74. The van der Waals surface area contributed by atoms with Gasteiger partial charge in [-0.2, -0.15) is 0 Å². The van der Waals surface area contributed by atoms with E-state index in [2.05, 4.69) is 6.92 Å². The van der Waals surface area contributed by atoms with Gasteiger partial charge in [-0.25, -0.2) is 17.6 Å². The van der Waals surface area contributed by atoms with Crippen LogP contribution in [0, 0.1) is 11.7 Å². The molecule has 0 heterocycles. The number of aromatic carboxylic acids is 1. The lowest BCUT2D eigenvalue weighted by Gasteiger charge is -2.30. The fourth-order valence-corrected chi connectivity index (χ4v) is 4.52. The summed E-state index contributed by atoms with van der Waals surface area (Å²) in [5.41, 5.74) is -0.331. The molecule has 0 radical (unpaired) electrons. The van der Waals surface area contributed by atoms with Gasteiger partial charge in [-0.3, -0.25) is 4.31 Å². The molecule has 1 saturated carbocycles. The lowest BCUT2D eigenvalue weighted by Crippen LogP contribution is -2.38. The van der Waals surface area contributed by atoms with Gasteiger partial charge in [0.15, 0.2) is 0 Å². The molecular weight excluding hydrogens is 309 g/mol. The van der Waals surface area contributed by atoms with Crippen molar-refractivity contribution in [1.82, 2.24) is 0 Å². The third kappa shape index (κ3) is 3.24. The highest BCUT2D eigenvalue weighted by molar-refractivity contribution is 7.93. The first-order chi connectivity index (χ1) is 10.2. The van der Waals surface area contributed by atoms with Gasteiger partial charge in [-0.1, -0.05) is 6.92 Å². The highest BCUT2D eigenvalue weighted by Gasteiger charge is 2.33. The van der Waals surface area contributed by atoms with E-state index in [0.717, 1.165) is 23.2 Å². The molecule has 0 amide bonds. The second-order valence-electron chi connectivity index (χ2n) is 5.87. The lowest BCUT2D eigenvalue weighted by atomic mass is 9.91. The van der Waals surface area contributed by atoms with E-state index in [1.165, 1.54) is 19.2 Å². The van der Waals surface area contributed by atoms with Crippen LogP contribution in [-0.2, 0) is 10.0 Å². The van der Waals surface area contributed by atoms with Crippen LogP contribution < -0.4 is 4.31 Å². The molecular formula is C15H20FNO4S. The highest BCUT2D eigenvalue weighted by Crippen LogP contribution is 2.32. The molecule has 1 aromatic carbocycles. The number of carbonyl (C=O) groups is 1. The predicted octanol–water partition coefficient (Wildman–Crippen LogP) is 2.87. The summed E-state index contributed by atoms with van der Waals surface area (Å²) in [6.07, 6.45) is 2.83. The summed E-state index contributed by atoms with van der Waals surface area (Å²) in [7, 11) is -2.34. The Balaban J connectivity index is 2.26. The minimum Gasteiger partial charge on any atom is -0.478 e. The smallest absolute Gasteiger partial charge is 0.335 e. The molecule has 1 fully saturated rings. The number of halogens is 1. The summed E-state index contributed by atoms with van der Waals surface area (Å²) >= 11 is 0. The van der Waals surface area contributed by atoms with Crippen molar-refractivity contribution in [2.24, 2.45) is 5.92 Å². The van der Waals surface area contributed by atoms with Gasteiger partial charge in [0.25, 0.3) is 0 Å². The summed E-state index contributed by atoms with van der Waals surface area (Å²) in [4.78, 5) is 10.8. The Hall–Kier alpha value is -1.63. The predicted molar refractivity (Wildman–Crippen MR) is 82.1 cm³/mol. The minimum atomic E-state index is -3.65. The SMILES string of the molecule is CC1CCC(S(=O)(=O)N(C)c2ccc(C(=O)O)cc2F)CC1. The Kier molecular flexibility index (Phi) is 4.75. The molecule has 122 valence electrons. The zero-order valence-electron chi connectivity index (χ0n) is 12.6. The third-order valence-corrected chi connectivity index (χ3v) is 6.57. The fraction of sp³-hybridized carbons (Fsp3) is 0.533. The van der Waals surface area contributed by atoms with E-state index in [0.29, 0.717) is 18.8 Å². The van der Waals surface area contributed by atoms with Crippen LogP contribution in [0.1, 0.15) is 43.0 Å².